The Labute approximate surface area is 221 Å². The van der Waals surface area contributed by atoms with Gasteiger partial charge in [0.15, 0.2) is 5.79 Å². The number of ether oxygens (including phenoxy) is 2. The van der Waals surface area contributed by atoms with Crippen molar-refractivity contribution in [3.63, 3.8) is 0 Å². The summed E-state index contributed by atoms with van der Waals surface area (Å²) in [6, 6.07) is 23.9. The van der Waals surface area contributed by atoms with Gasteiger partial charge in [0.2, 0.25) is 0 Å². The van der Waals surface area contributed by atoms with Crippen molar-refractivity contribution in [3.05, 3.63) is 106 Å². The number of hydrogen-bond acceptors (Lipinski definition) is 4. The van der Waals surface area contributed by atoms with Gasteiger partial charge in [-0.2, -0.15) is 0 Å². The van der Waals surface area contributed by atoms with Crippen LogP contribution >= 0.6 is 23.4 Å². The molecule has 0 radical (unpaired) electrons. The molecule has 3 aromatic carbocycles. The van der Waals surface area contributed by atoms with Gasteiger partial charge in [-0.15, -0.1) is 11.8 Å². The molecule has 1 atom stereocenters. The number of likely N-dealkylation sites (tertiary alicyclic amines) is 1. The van der Waals surface area contributed by atoms with E-state index < -0.39 is 5.79 Å². The summed E-state index contributed by atoms with van der Waals surface area (Å²) in [4.78, 5) is 2.58. The summed E-state index contributed by atoms with van der Waals surface area (Å²) in [6.45, 7) is 4.34. The average Bonchev–Trinajstić information content (AvgIpc) is 3.51. The van der Waals surface area contributed by atoms with Gasteiger partial charge in [0.25, 0.3) is 0 Å². The maximum absolute atomic E-state index is 13.5. The number of piperidine rings is 1. The fourth-order valence-corrected chi connectivity index (χ4v) is 7.99. The Balaban J connectivity index is 1.10. The van der Waals surface area contributed by atoms with E-state index in [-0.39, 0.29) is 10.6 Å². The normalized spacial score (nSPS) is 22.7. The van der Waals surface area contributed by atoms with Crippen molar-refractivity contribution in [2.45, 2.75) is 41.5 Å². The second-order valence-electron chi connectivity index (χ2n) is 10.0. The van der Waals surface area contributed by atoms with Crippen LogP contribution in [0.15, 0.2) is 72.8 Å². The molecule has 3 aliphatic rings. The quantitative estimate of drug-likeness (QED) is 0.338. The molecule has 0 N–H and O–H groups in total. The van der Waals surface area contributed by atoms with Crippen LogP contribution in [0.4, 0.5) is 4.39 Å². The highest BCUT2D eigenvalue weighted by molar-refractivity contribution is 8.01. The second kappa shape index (κ2) is 10.1. The fourth-order valence-electron chi connectivity index (χ4n) is 6.05. The van der Waals surface area contributed by atoms with E-state index in [0.29, 0.717) is 18.5 Å². The van der Waals surface area contributed by atoms with Crippen LogP contribution in [0.2, 0.25) is 5.02 Å². The highest BCUT2D eigenvalue weighted by Crippen LogP contribution is 2.61. The first-order valence-electron chi connectivity index (χ1n) is 12.9. The van der Waals surface area contributed by atoms with Gasteiger partial charge in [0.05, 0.1) is 18.5 Å². The van der Waals surface area contributed by atoms with E-state index in [0.717, 1.165) is 55.9 Å². The molecule has 0 saturated carbocycles. The van der Waals surface area contributed by atoms with Crippen molar-refractivity contribution in [3.8, 4) is 0 Å². The van der Waals surface area contributed by atoms with Crippen LogP contribution in [0.3, 0.4) is 0 Å². The van der Waals surface area contributed by atoms with Gasteiger partial charge in [0.1, 0.15) is 5.82 Å². The van der Waals surface area contributed by atoms with Crippen molar-refractivity contribution in [2.24, 2.45) is 0 Å². The number of halogens is 2. The summed E-state index contributed by atoms with van der Waals surface area (Å²) in [5.41, 5.74) is 5.21. The third-order valence-electron chi connectivity index (χ3n) is 7.93. The highest BCUT2D eigenvalue weighted by Gasteiger charge is 2.46. The molecule has 0 aromatic heterocycles. The van der Waals surface area contributed by atoms with E-state index >= 15 is 0 Å². The van der Waals surface area contributed by atoms with Crippen LogP contribution in [0, 0.1) is 5.82 Å². The van der Waals surface area contributed by atoms with Crippen LogP contribution in [-0.2, 0) is 20.0 Å². The Morgan fingerprint density at radius 2 is 1.61 bits per heavy atom. The lowest BCUT2D eigenvalue weighted by atomic mass is 9.84. The molecule has 0 bridgehead atoms. The average molecular weight is 524 g/mol. The predicted molar refractivity (Wildman–Crippen MR) is 144 cm³/mol. The summed E-state index contributed by atoms with van der Waals surface area (Å²) >= 11 is 8.29. The van der Waals surface area contributed by atoms with Crippen LogP contribution in [-0.4, -0.2) is 37.7 Å². The van der Waals surface area contributed by atoms with E-state index in [2.05, 4.69) is 53.1 Å². The summed E-state index contributed by atoms with van der Waals surface area (Å²) in [6.07, 6.45) is 4.04. The number of nitrogens with zero attached hydrogens (tertiary/aromatic N) is 1. The van der Waals surface area contributed by atoms with Crippen molar-refractivity contribution in [1.82, 2.24) is 4.90 Å². The smallest absolute Gasteiger partial charge is 0.195 e. The number of fused-ring (bicyclic) bond motifs is 2. The molecule has 3 nitrogen and oxygen atoms in total. The number of rotatable bonds is 6. The third kappa shape index (κ3) is 4.61. The van der Waals surface area contributed by atoms with E-state index in [1.807, 2.05) is 12.1 Å². The van der Waals surface area contributed by atoms with Crippen molar-refractivity contribution in [2.75, 3.05) is 32.8 Å². The Kier molecular flexibility index (Phi) is 6.87. The molecule has 0 amide bonds. The largest absolute Gasteiger partial charge is 0.343 e. The van der Waals surface area contributed by atoms with E-state index in [1.54, 1.807) is 12.1 Å². The minimum atomic E-state index is -0.739. The molecule has 6 heteroatoms. The lowest BCUT2D eigenvalue weighted by molar-refractivity contribution is -0.172. The van der Waals surface area contributed by atoms with Crippen molar-refractivity contribution >= 4 is 23.4 Å². The van der Waals surface area contributed by atoms with Gasteiger partial charge in [-0.25, -0.2) is 4.39 Å². The molecule has 188 valence electrons. The molecule has 3 aliphatic heterocycles. The monoisotopic (exact) mass is 523 g/mol. The molecule has 6 rings (SSSR count). The number of thioether (sulfide) groups is 1. The maximum Gasteiger partial charge on any atom is 0.195 e. The Morgan fingerprint density at radius 3 is 2.33 bits per heavy atom. The Bertz CT molecular complexity index is 1190. The molecule has 2 fully saturated rings. The van der Waals surface area contributed by atoms with E-state index in [1.165, 1.54) is 28.8 Å². The summed E-state index contributed by atoms with van der Waals surface area (Å²) < 4.78 is 25.7. The molecule has 3 heterocycles. The first kappa shape index (κ1) is 24.4. The molecule has 3 aromatic rings. The molecule has 1 unspecified atom stereocenters. The van der Waals surface area contributed by atoms with Crippen LogP contribution < -0.4 is 0 Å². The van der Waals surface area contributed by atoms with Crippen LogP contribution in [0.5, 0.6) is 0 Å². The van der Waals surface area contributed by atoms with E-state index in [4.69, 9.17) is 21.1 Å². The summed E-state index contributed by atoms with van der Waals surface area (Å²) in [5, 5.41) is 1.14. The zero-order valence-corrected chi connectivity index (χ0v) is 21.9. The van der Waals surface area contributed by atoms with Gasteiger partial charge in [-0.3, -0.25) is 0 Å². The highest BCUT2D eigenvalue weighted by atomic mass is 35.5. The molecule has 1 spiro atoms. The van der Waals surface area contributed by atoms with Crippen LogP contribution in [0.1, 0.15) is 53.2 Å². The standard InChI is InChI=1S/C30H31ClFNO2S/c31-24-10-6-22(7-11-24)28-26-4-1-2-5-27(26)29(36-28)15-18-33(19-16-29)17-3-14-30(34-20-21-35-30)23-8-12-25(32)13-9-23/h1-2,4-13,28H,3,14-21H2. The lowest BCUT2D eigenvalue weighted by Crippen LogP contribution is -2.41. The van der Waals surface area contributed by atoms with Gasteiger partial charge >= 0.3 is 0 Å². The second-order valence-corrected chi connectivity index (χ2v) is 12.0. The topological polar surface area (TPSA) is 21.7 Å². The summed E-state index contributed by atoms with van der Waals surface area (Å²) in [5.74, 6) is -0.977. The van der Waals surface area contributed by atoms with Crippen molar-refractivity contribution < 1.29 is 13.9 Å². The zero-order chi connectivity index (χ0) is 24.6. The number of benzene rings is 3. The minimum absolute atomic E-state index is 0.171. The third-order valence-corrected chi connectivity index (χ3v) is 10.0. The first-order valence-corrected chi connectivity index (χ1v) is 14.1. The van der Waals surface area contributed by atoms with Gasteiger partial charge < -0.3 is 14.4 Å². The number of hydrogen-bond donors (Lipinski definition) is 0. The minimum Gasteiger partial charge on any atom is -0.343 e. The molecular formula is C30H31ClFNO2S. The molecule has 2 saturated heterocycles. The predicted octanol–water partition coefficient (Wildman–Crippen LogP) is 7.29. The van der Waals surface area contributed by atoms with E-state index in [9.17, 15) is 4.39 Å². The summed E-state index contributed by atoms with van der Waals surface area (Å²) in [7, 11) is 0. The molecule has 0 aliphatic carbocycles. The zero-order valence-electron chi connectivity index (χ0n) is 20.3. The molecule has 36 heavy (non-hydrogen) atoms. The van der Waals surface area contributed by atoms with Crippen molar-refractivity contribution in [1.29, 1.82) is 0 Å². The SMILES string of the molecule is Fc1ccc(C2(CCCN3CCC4(CC3)SC(c3ccc(Cl)cc3)c3ccccc34)OCCO2)cc1. The van der Waals surface area contributed by atoms with Crippen LogP contribution in [0.25, 0.3) is 0 Å². The maximum atomic E-state index is 13.5. The first-order chi connectivity index (χ1) is 17.6. The lowest BCUT2D eigenvalue weighted by Gasteiger charge is -2.40. The van der Waals surface area contributed by atoms with Gasteiger partial charge in [0, 0.05) is 21.8 Å². The Morgan fingerprint density at radius 1 is 0.917 bits per heavy atom. The fraction of sp³-hybridized carbons (Fsp3) is 0.400. The van der Waals surface area contributed by atoms with Gasteiger partial charge in [-0.1, -0.05) is 60.1 Å². The van der Waals surface area contributed by atoms with Gasteiger partial charge in [-0.05, 0) is 79.9 Å². The molecular weight excluding hydrogens is 493 g/mol. The Hall–Kier alpha value is -1.89.